The summed E-state index contributed by atoms with van der Waals surface area (Å²) < 4.78 is 53.8. The van der Waals surface area contributed by atoms with Crippen molar-refractivity contribution in [1.29, 1.82) is 0 Å². The van der Waals surface area contributed by atoms with Crippen LogP contribution in [0.3, 0.4) is 0 Å². The average molecular weight is 361 g/mol. The Hall–Kier alpha value is -1.89. The molecule has 0 aliphatic rings. The lowest BCUT2D eigenvalue weighted by atomic mass is 10.1. The van der Waals surface area contributed by atoms with Crippen LogP contribution in [0.2, 0.25) is 0 Å². The SMILES string of the molecule is CC(=NNc1c(F)c(F)cc(F)c1F)c1ccc(Br)cc1. The molecule has 2 aromatic rings. The fourth-order valence-electron chi connectivity index (χ4n) is 1.57. The summed E-state index contributed by atoms with van der Waals surface area (Å²) in [4.78, 5) is 0. The van der Waals surface area contributed by atoms with Gasteiger partial charge in [-0.3, -0.25) is 5.43 Å². The molecule has 0 heterocycles. The third-order valence-corrected chi connectivity index (χ3v) is 3.24. The van der Waals surface area contributed by atoms with Gasteiger partial charge in [0, 0.05) is 10.5 Å². The van der Waals surface area contributed by atoms with Gasteiger partial charge in [0.15, 0.2) is 23.3 Å². The van der Waals surface area contributed by atoms with Crippen molar-refractivity contribution in [1.82, 2.24) is 0 Å². The summed E-state index contributed by atoms with van der Waals surface area (Å²) in [6.45, 7) is 1.59. The van der Waals surface area contributed by atoms with Crippen molar-refractivity contribution in [3.8, 4) is 0 Å². The van der Waals surface area contributed by atoms with Gasteiger partial charge in [-0.1, -0.05) is 28.1 Å². The van der Waals surface area contributed by atoms with E-state index in [4.69, 9.17) is 0 Å². The molecule has 0 amide bonds. The Labute approximate surface area is 126 Å². The maximum Gasteiger partial charge on any atom is 0.186 e. The number of nitrogens with one attached hydrogen (secondary N) is 1. The normalized spacial score (nSPS) is 11.6. The van der Waals surface area contributed by atoms with Crippen molar-refractivity contribution < 1.29 is 17.6 Å². The van der Waals surface area contributed by atoms with Crippen LogP contribution < -0.4 is 5.43 Å². The summed E-state index contributed by atoms with van der Waals surface area (Å²) >= 11 is 3.27. The third-order valence-electron chi connectivity index (χ3n) is 2.71. The molecule has 2 rings (SSSR count). The lowest BCUT2D eigenvalue weighted by molar-refractivity contribution is 0.458. The molecule has 21 heavy (non-hydrogen) atoms. The summed E-state index contributed by atoms with van der Waals surface area (Å²) in [6.07, 6.45) is 0. The van der Waals surface area contributed by atoms with Crippen LogP contribution in [0.25, 0.3) is 0 Å². The van der Waals surface area contributed by atoms with Gasteiger partial charge in [0.1, 0.15) is 5.69 Å². The summed E-state index contributed by atoms with van der Waals surface area (Å²) in [6, 6.07) is 7.11. The molecule has 0 aliphatic heterocycles. The van der Waals surface area contributed by atoms with Crippen LogP contribution >= 0.6 is 15.9 Å². The molecule has 2 nitrogen and oxygen atoms in total. The Bertz CT molecular complexity index is 673. The maximum atomic E-state index is 13.4. The van der Waals surface area contributed by atoms with Gasteiger partial charge in [-0.2, -0.15) is 5.10 Å². The van der Waals surface area contributed by atoms with E-state index in [1.165, 1.54) is 0 Å². The van der Waals surface area contributed by atoms with E-state index in [0.717, 1.165) is 4.47 Å². The summed E-state index contributed by atoms with van der Waals surface area (Å²) in [7, 11) is 0. The van der Waals surface area contributed by atoms with Crippen molar-refractivity contribution in [2.75, 3.05) is 5.43 Å². The number of hydrazone groups is 1. The van der Waals surface area contributed by atoms with Crippen molar-refractivity contribution in [3.05, 3.63) is 63.6 Å². The Morgan fingerprint density at radius 3 is 2.05 bits per heavy atom. The van der Waals surface area contributed by atoms with E-state index < -0.39 is 29.0 Å². The molecule has 0 aromatic heterocycles. The van der Waals surface area contributed by atoms with E-state index in [2.05, 4.69) is 21.0 Å². The van der Waals surface area contributed by atoms with Gasteiger partial charge >= 0.3 is 0 Å². The van der Waals surface area contributed by atoms with E-state index in [1.807, 2.05) is 5.43 Å². The van der Waals surface area contributed by atoms with Crippen molar-refractivity contribution in [2.45, 2.75) is 6.92 Å². The molecule has 0 saturated heterocycles. The van der Waals surface area contributed by atoms with Gasteiger partial charge in [-0.15, -0.1) is 0 Å². The quantitative estimate of drug-likeness (QED) is 0.360. The van der Waals surface area contributed by atoms with Gasteiger partial charge < -0.3 is 0 Å². The highest BCUT2D eigenvalue weighted by Crippen LogP contribution is 2.24. The molecule has 1 N–H and O–H groups in total. The number of halogens is 5. The minimum Gasteiger partial charge on any atom is -0.272 e. The predicted octanol–water partition coefficient (Wildman–Crippen LogP) is 4.84. The predicted molar refractivity (Wildman–Crippen MR) is 76.2 cm³/mol. The second kappa shape index (κ2) is 6.26. The first-order chi connectivity index (χ1) is 9.90. The van der Waals surface area contributed by atoms with Crippen LogP contribution in [0.5, 0.6) is 0 Å². The van der Waals surface area contributed by atoms with Crippen molar-refractivity contribution in [2.24, 2.45) is 5.10 Å². The highest BCUT2D eigenvalue weighted by molar-refractivity contribution is 9.10. The second-order valence-electron chi connectivity index (χ2n) is 4.16. The molecule has 7 heteroatoms. The van der Waals surface area contributed by atoms with E-state index in [0.29, 0.717) is 11.3 Å². The largest absolute Gasteiger partial charge is 0.272 e. The number of hydrogen-bond acceptors (Lipinski definition) is 2. The summed E-state index contributed by atoms with van der Waals surface area (Å²) in [5, 5.41) is 3.74. The molecular formula is C14H9BrF4N2. The van der Waals surface area contributed by atoms with Gasteiger partial charge in [0.25, 0.3) is 0 Å². The third kappa shape index (κ3) is 3.41. The number of hydrogen-bond donors (Lipinski definition) is 1. The molecular weight excluding hydrogens is 352 g/mol. The Morgan fingerprint density at radius 1 is 1.00 bits per heavy atom. The van der Waals surface area contributed by atoms with E-state index >= 15 is 0 Å². The van der Waals surface area contributed by atoms with Crippen LogP contribution in [0.1, 0.15) is 12.5 Å². The van der Waals surface area contributed by atoms with E-state index in [9.17, 15) is 17.6 Å². The molecule has 0 spiro atoms. The fourth-order valence-corrected chi connectivity index (χ4v) is 1.83. The highest BCUT2D eigenvalue weighted by atomic mass is 79.9. The van der Waals surface area contributed by atoms with E-state index in [1.54, 1.807) is 31.2 Å². The lowest BCUT2D eigenvalue weighted by Crippen LogP contribution is -2.05. The van der Waals surface area contributed by atoms with Crippen LogP contribution in [0.4, 0.5) is 23.2 Å². The molecule has 0 unspecified atom stereocenters. The Kier molecular flexibility index (Phi) is 4.62. The van der Waals surface area contributed by atoms with Crippen LogP contribution in [-0.2, 0) is 0 Å². The molecule has 0 bridgehead atoms. The van der Waals surface area contributed by atoms with Crippen LogP contribution in [-0.4, -0.2) is 5.71 Å². The zero-order valence-corrected chi connectivity index (χ0v) is 12.3. The molecule has 0 radical (unpaired) electrons. The van der Waals surface area contributed by atoms with Crippen molar-refractivity contribution in [3.63, 3.8) is 0 Å². The smallest absolute Gasteiger partial charge is 0.186 e. The minimum atomic E-state index is -1.53. The molecule has 0 saturated carbocycles. The van der Waals surface area contributed by atoms with Gasteiger partial charge in [0.2, 0.25) is 0 Å². The van der Waals surface area contributed by atoms with Gasteiger partial charge in [-0.05, 0) is 24.6 Å². The van der Waals surface area contributed by atoms with Gasteiger partial charge in [-0.25, -0.2) is 17.6 Å². The first-order valence-corrected chi connectivity index (χ1v) is 6.58. The topological polar surface area (TPSA) is 24.4 Å². The molecule has 0 fully saturated rings. The first kappa shape index (κ1) is 15.5. The molecule has 0 aliphatic carbocycles. The van der Waals surface area contributed by atoms with Crippen LogP contribution in [0, 0.1) is 23.3 Å². The molecule has 110 valence electrons. The minimum absolute atomic E-state index is 0.140. The number of benzene rings is 2. The van der Waals surface area contributed by atoms with Crippen molar-refractivity contribution >= 4 is 27.3 Å². The Balaban J connectivity index is 2.31. The lowest BCUT2D eigenvalue weighted by Gasteiger charge is -2.07. The molecule has 2 aromatic carbocycles. The summed E-state index contributed by atoms with van der Waals surface area (Å²) in [5.74, 6) is -6.04. The zero-order chi connectivity index (χ0) is 15.6. The number of rotatable bonds is 3. The van der Waals surface area contributed by atoms with Crippen LogP contribution in [0.15, 0.2) is 39.9 Å². The fraction of sp³-hybridized carbons (Fsp3) is 0.0714. The standard InChI is InChI=1S/C14H9BrF4N2/c1-7(8-2-4-9(15)5-3-8)20-21-14-12(18)10(16)6-11(17)13(14)19/h2-6,21H,1H3. The number of nitrogens with zero attached hydrogens (tertiary/aromatic N) is 1. The molecule has 0 atom stereocenters. The Morgan fingerprint density at radius 2 is 1.52 bits per heavy atom. The second-order valence-corrected chi connectivity index (χ2v) is 5.07. The van der Waals surface area contributed by atoms with Gasteiger partial charge in [0.05, 0.1) is 5.71 Å². The summed E-state index contributed by atoms with van der Waals surface area (Å²) in [5.41, 5.74) is 2.13. The monoisotopic (exact) mass is 360 g/mol. The number of anilines is 1. The van der Waals surface area contributed by atoms with E-state index in [-0.39, 0.29) is 6.07 Å². The average Bonchev–Trinajstić information content (AvgIpc) is 2.45. The maximum absolute atomic E-state index is 13.4. The first-order valence-electron chi connectivity index (χ1n) is 5.79. The highest BCUT2D eigenvalue weighted by Gasteiger charge is 2.18. The zero-order valence-electron chi connectivity index (χ0n) is 10.7.